The van der Waals surface area contributed by atoms with E-state index < -0.39 is 49.7 Å². The van der Waals surface area contributed by atoms with E-state index in [1.807, 2.05) is 13.0 Å². The third kappa shape index (κ3) is 15.2. The van der Waals surface area contributed by atoms with Crippen LogP contribution >= 0.6 is 0 Å². The van der Waals surface area contributed by atoms with Crippen LogP contribution < -0.4 is 0 Å². The number of carbonyl (C=O) groups excluding carboxylic acids is 1. The highest BCUT2D eigenvalue weighted by atomic mass is 32.2. The summed E-state index contributed by atoms with van der Waals surface area (Å²) in [5.74, 6) is -1.36. The Morgan fingerprint density at radius 3 is 1.85 bits per heavy atom. The average Bonchev–Trinajstić information content (AvgIpc) is 3.22. The van der Waals surface area contributed by atoms with Crippen molar-refractivity contribution in [2.75, 3.05) is 7.11 Å². The summed E-state index contributed by atoms with van der Waals surface area (Å²) in [5.41, 5.74) is -5.52. The van der Waals surface area contributed by atoms with Gasteiger partial charge in [-0.2, -0.15) is 21.6 Å². The zero-order valence-electron chi connectivity index (χ0n) is 40.3. The van der Waals surface area contributed by atoms with Gasteiger partial charge in [-0.1, -0.05) is 96.6 Å². The van der Waals surface area contributed by atoms with Gasteiger partial charge in [0.15, 0.2) is 28.2 Å². The topological polar surface area (TPSA) is 107 Å². The van der Waals surface area contributed by atoms with E-state index >= 15 is 0 Å². The minimum absolute atomic E-state index is 0.0295. The number of hydrogen-bond acceptors (Lipinski definition) is 9. The highest BCUT2D eigenvalue weighted by Crippen LogP contribution is 2.46. The Bertz CT molecular complexity index is 1470. The molecule has 0 bridgehead atoms. The normalized spacial score (nSPS) is 26.3. The van der Waals surface area contributed by atoms with Gasteiger partial charge in [-0.25, -0.2) is 0 Å². The van der Waals surface area contributed by atoms with Gasteiger partial charge >= 0.3 is 15.6 Å². The van der Waals surface area contributed by atoms with Crippen LogP contribution in [0.15, 0.2) is 24.5 Å². The molecular formula is C46H85F3O9SSi2. The lowest BCUT2D eigenvalue weighted by atomic mass is 9.79. The molecule has 61 heavy (non-hydrogen) atoms. The molecular weight excluding hydrogens is 842 g/mol. The van der Waals surface area contributed by atoms with E-state index in [1.54, 1.807) is 20.1 Å². The summed E-state index contributed by atoms with van der Waals surface area (Å²) in [6.07, 6.45) is 8.18. The van der Waals surface area contributed by atoms with Gasteiger partial charge in [0, 0.05) is 31.8 Å². The number of rotatable bonds is 27. The van der Waals surface area contributed by atoms with Gasteiger partial charge in [0.2, 0.25) is 0 Å². The summed E-state index contributed by atoms with van der Waals surface area (Å²) in [5, 5.41) is 0. The first-order valence-electron chi connectivity index (χ1n) is 23.5. The summed E-state index contributed by atoms with van der Waals surface area (Å²) < 4.78 is 100. The number of ether oxygens (including phenoxy) is 3. The van der Waals surface area contributed by atoms with Gasteiger partial charge in [0.05, 0.1) is 24.4 Å². The number of hydrogen-bond donors (Lipinski definition) is 0. The Hall–Kier alpha value is -1.08. The summed E-state index contributed by atoms with van der Waals surface area (Å²) in [4.78, 5) is 14.1. The third-order valence-electron chi connectivity index (χ3n) is 14.6. The van der Waals surface area contributed by atoms with Crippen LogP contribution in [0.1, 0.15) is 141 Å². The van der Waals surface area contributed by atoms with Crippen molar-refractivity contribution in [2.24, 2.45) is 35.5 Å². The van der Waals surface area contributed by atoms with E-state index in [-0.39, 0.29) is 65.9 Å². The number of ketones is 1. The van der Waals surface area contributed by atoms with Crippen molar-refractivity contribution in [1.29, 1.82) is 0 Å². The molecule has 11 atom stereocenters. The van der Waals surface area contributed by atoms with Crippen LogP contribution in [0.3, 0.4) is 0 Å². The number of halogens is 3. The Kier molecular flexibility index (Phi) is 22.5. The third-order valence-corrected chi connectivity index (χ3v) is 24.9. The average molecular weight is 927 g/mol. The lowest BCUT2D eigenvalue weighted by molar-refractivity contribution is -0.338. The van der Waals surface area contributed by atoms with Crippen molar-refractivity contribution in [1.82, 2.24) is 0 Å². The Balaban J connectivity index is 2.25. The quantitative estimate of drug-likeness (QED) is 0.0262. The molecule has 2 fully saturated rings. The molecule has 0 aliphatic carbocycles. The molecule has 2 aliphatic rings. The Labute approximate surface area is 371 Å². The standard InChI is InChI=1S/C46H85F3O9SSi2/c1-16-60(17-2,18-3)57-41(37(13)39(50)24-27-42(53-15)43(32(7)8)58-61(19-4,20-5)21-6)26-23-35(11)44-36(12)29-31-45(55-44)30-28-34(10)40(54-45)25-22-33(9)38(14)56-59(51,52)46(47,48)49/h24,27,32-37,40-44H,14,16-23,25-26,28-31H2,1-13,15H3/b27-24+/t33-,34+,35+,36-,37+,40-,41-,42-,43+,44-,45+/m0/s1. The predicted octanol–water partition coefficient (Wildman–Crippen LogP) is 12.7. The molecule has 2 aliphatic heterocycles. The first-order valence-corrected chi connectivity index (χ1v) is 30.0. The van der Waals surface area contributed by atoms with Crippen LogP contribution in [-0.4, -0.2) is 79.8 Å². The van der Waals surface area contributed by atoms with E-state index in [0.29, 0.717) is 19.3 Å². The van der Waals surface area contributed by atoms with E-state index in [0.717, 1.165) is 68.4 Å². The predicted molar refractivity (Wildman–Crippen MR) is 244 cm³/mol. The first kappa shape index (κ1) is 56.1. The highest BCUT2D eigenvalue weighted by molar-refractivity contribution is 7.87. The zero-order chi connectivity index (χ0) is 46.6. The van der Waals surface area contributed by atoms with Crippen LogP contribution in [0.5, 0.6) is 0 Å². The van der Waals surface area contributed by atoms with Gasteiger partial charge in [-0.15, -0.1) is 0 Å². The van der Waals surface area contributed by atoms with E-state index in [9.17, 15) is 26.4 Å². The molecule has 2 saturated heterocycles. The smallest absolute Gasteiger partial charge is 0.413 e. The van der Waals surface area contributed by atoms with Crippen LogP contribution in [0.25, 0.3) is 0 Å². The maximum Gasteiger partial charge on any atom is 0.534 e. The number of carbonyl (C=O) groups is 1. The molecule has 15 heteroatoms. The van der Waals surface area contributed by atoms with E-state index in [2.05, 4.69) is 86.9 Å². The maximum absolute atomic E-state index is 14.1. The summed E-state index contributed by atoms with van der Waals surface area (Å²) in [7, 11) is -8.10. The molecule has 0 aromatic carbocycles. The number of allylic oxidation sites excluding steroid dienone is 2. The van der Waals surface area contributed by atoms with Crippen molar-refractivity contribution in [3.63, 3.8) is 0 Å². The molecule has 0 N–H and O–H groups in total. The fourth-order valence-electron chi connectivity index (χ4n) is 9.30. The van der Waals surface area contributed by atoms with Crippen molar-refractivity contribution in [3.8, 4) is 0 Å². The van der Waals surface area contributed by atoms with Crippen molar-refractivity contribution < 1.29 is 53.6 Å². The highest BCUT2D eigenvalue weighted by Gasteiger charge is 2.50. The SMILES string of the molecule is C=C(OS(=O)(=O)C(F)(F)F)[C@@H](C)CC[C@@H]1O[C@@]2(CC[C@H]1C)CC[C@H](C)[C@H]([C@H](C)CC[C@H](O[Si](CC)(CC)CC)[C@H](C)C(=O)/C=C/[C@H](OC)[C@H](O[Si](CC)(CC)CC)C(C)C)O2. The van der Waals surface area contributed by atoms with Gasteiger partial charge in [-0.3, -0.25) is 4.79 Å². The van der Waals surface area contributed by atoms with Gasteiger partial charge < -0.3 is 27.2 Å². The molecule has 0 aromatic heterocycles. The second kappa shape index (κ2) is 24.4. The monoisotopic (exact) mass is 927 g/mol. The summed E-state index contributed by atoms with van der Waals surface area (Å²) in [6.45, 7) is 31.3. The van der Waals surface area contributed by atoms with Gasteiger partial charge in [0.1, 0.15) is 11.9 Å². The van der Waals surface area contributed by atoms with Crippen LogP contribution in [0, 0.1) is 35.5 Å². The van der Waals surface area contributed by atoms with Crippen molar-refractivity contribution in [3.05, 3.63) is 24.5 Å². The van der Waals surface area contributed by atoms with Crippen LogP contribution in [0.2, 0.25) is 36.3 Å². The Morgan fingerprint density at radius 1 is 0.836 bits per heavy atom. The lowest BCUT2D eigenvalue weighted by Gasteiger charge is -2.51. The Morgan fingerprint density at radius 2 is 1.36 bits per heavy atom. The molecule has 0 saturated carbocycles. The number of alkyl halides is 3. The molecule has 0 aromatic rings. The maximum atomic E-state index is 14.1. The lowest BCUT2D eigenvalue weighted by Crippen LogP contribution is -2.53. The fraction of sp³-hybridized carbons (Fsp3) is 0.891. The summed E-state index contributed by atoms with van der Waals surface area (Å²) >= 11 is 0. The summed E-state index contributed by atoms with van der Waals surface area (Å²) in [6, 6.07) is 6.06. The molecule has 358 valence electrons. The molecule has 0 radical (unpaired) electrons. The molecule has 2 heterocycles. The molecule has 0 amide bonds. The molecule has 0 unspecified atom stereocenters. The minimum atomic E-state index is -5.78. The second-order valence-corrected chi connectivity index (χ2v) is 29.9. The van der Waals surface area contributed by atoms with Crippen LogP contribution in [-0.2, 0) is 42.2 Å². The van der Waals surface area contributed by atoms with Crippen molar-refractivity contribution >= 4 is 32.5 Å². The largest absolute Gasteiger partial charge is 0.534 e. The molecule has 1 spiro atoms. The van der Waals surface area contributed by atoms with Gasteiger partial charge in [0.25, 0.3) is 0 Å². The molecule has 9 nitrogen and oxygen atoms in total. The van der Waals surface area contributed by atoms with Crippen LogP contribution in [0.4, 0.5) is 13.2 Å². The van der Waals surface area contributed by atoms with Crippen molar-refractivity contribution in [2.45, 2.75) is 219 Å². The number of methoxy groups -OCH3 is 1. The minimum Gasteiger partial charge on any atom is -0.413 e. The van der Waals surface area contributed by atoms with E-state index in [4.69, 9.17) is 23.1 Å². The van der Waals surface area contributed by atoms with Gasteiger partial charge in [-0.05, 0) is 111 Å². The fourth-order valence-corrected chi connectivity index (χ4v) is 15.8. The molecule has 2 rings (SSSR count). The zero-order valence-corrected chi connectivity index (χ0v) is 43.1. The van der Waals surface area contributed by atoms with E-state index in [1.165, 1.54) is 0 Å². The first-order chi connectivity index (χ1) is 28.4. The second-order valence-electron chi connectivity index (χ2n) is 18.9.